The molecular formula is C14H21BrN2. The van der Waals surface area contributed by atoms with Crippen molar-refractivity contribution in [2.24, 2.45) is 5.73 Å². The van der Waals surface area contributed by atoms with Gasteiger partial charge in [-0.3, -0.25) is 0 Å². The van der Waals surface area contributed by atoms with E-state index in [0.29, 0.717) is 6.54 Å². The smallest absolute Gasteiger partial charge is 0.0412 e. The average molecular weight is 297 g/mol. The van der Waals surface area contributed by atoms with Crippen LogP contribution >= 0.6 is 15.9 Å². The molecule has 1 aliphatic heterocycles. The van der Waals surface area contributed by atoms with Crippen molar-refractivity contribution in [1.82, 2.24) is 0 Å². The Balaban J connectivity index is 2.18. The summed E-state index contributed by atoms with van der Waals surface area (Å²) in [6, 6.07) is 6.47. The van der Waals surface area contributed by atoms with E-state index in [1.165, 1.54) is 56.4 Å². The predicted octanol–water partition coefficient (Wildman–Crippen LogP) is 3.68. The summed E-state index contributed by atoms with van der Waals surface area (Å²) in [5.41, 5.74) is 8.43. The summed E-state index contributed by atoms with van der Waals surface area (Å²) in [6.07, 6.45) is 6.74. The van der Waals surface area contributed by atoms with Gasteiger partial charge < -0.3 is 10.6 Å². The third kappa shape index (κ3) is 3.46. The Bertz CT molecular complexity index is 357. The molecule has 0 saturated carbocycles. The van der Waals surface area contributed by atoms with E-state index in [4.69, 9.17) is 5.73 Å². The molecule has 0 spiro atoms. The molecule has 0 radical (unpaired) electrons. The van der Waals surface area contributed by atoms with E-state index in [1.54, 1.807) is 0 Å². The molecular weight excluding hydrogens is 276 g/mol. The highest BCUT2D eigenvalue weighted by atomic mass is 79.9. The van der Waals surface area contributed by atoms with Gasteiger partial charge in [0, 0.05) is 29.8 Å². The second kappa shape index (κ2) is 6.41. The number of anilines is 1. The molecule has 2 N–H and O–H groups in total. The summed E-state index contributed by atoms with van der Waals surface area (Å²) in [5.74, 6) is 0. The zero-order chi connectivity index (χ0) is 12.1. The van der Waals surface area contributed by atoms with Gasteiger partial charge >= 0.3 is 0 Å². The first-order valence-electron chi connectivity index (χ1n) is 6.54. The third-order valence-electron chi connectivity index (χ3n) is 3.46. The zero-order valence-corrected chi connectivity index (χ0v) is 11.9. The lowest BCUT2D eigenvalue weighted by Crippen LogP contribution is -2.28. The van der Waals surface area contributed by atoms with Gasteiger partial charge in [-0.25, -0.2) is 0 Å². The maximum Gasteiger partial charge on any atom is 0.0412 e. The first kappa shape index (κ1) is 12.9. The maximum atomic E-state index is 5.85. The van der Waals surface area contributed by atoms with E-state index < -0.39 is 0 Å². The van der Waals surface area contributed by atoms with Crippen LogP contribution in [-0.2, 0) is 6.54 Å². The zero-order valence-electron chi connectivity index (χ0n) is 10.3. The van der Waals surface area contributed by atoms with Crippen LogP contribution in [0.4, 0.5) is 5.69 Å². The van der Waals surface area contributed by atoms with Gasteiger partial charge in [0.25, 0.3) is 0 Å². The first-order valence-corrected chi connectivity index (χ1v) is 7.34. The Labute approximate surface area is 112 Å². The number of hydrogen-bond acceptors (Lipinski definition) is 2. The number of nitrogens with zero attached hydrogens (tertiary/aromatic N) is 1. The molecule has 0 atom stereocenters. The average Bonchev–Trinajstić information content (AvgIpc) is 2.29. The third-order valence-corrected chi connectivity index (χ3v) is 3.95. The summed E-state index contributed by atoms with van der Waals surface area (Å²) >= 11 is 3.51. The summed E-state index contributed by atoms with van der Waals surface area (Å²) in [7, 11) is 0. The second-order valence-electron chi connectivity index (χ2n) is 4.73. The van der Waals surface area contributed by atoms with E-state index in [1.807, 2.05) is 0 Å². The Morgan fingerprint density at radius 2 is 1.71 bits per heavy atom. The second-order valence-corrected chi connectivity index (χ2v) is 5.65. The van der Waals surface area contributed by atoms with Crippen molar-refractivity contribution in [2.45, 2.75) is 38.6 Å². The highest BCUT2D eigenvalue weighted by Crippen LogP contribution is 2.26. The molecule has 2 rings (SSSR count). The van der Waals surface area contributed by atoms with Gasteiger partial charge in [-0.2, -0.15) is 0 Å². The fraction of sp³-hybridized carbons (Fsp3) is 0.571. The van der Waals surface area contributed by atoms with E-state index >= 15 is 0 Å². The number of nitrogens with two attached hydrogens (primary N) is 1. The largest absolute Gasteiger partial charge is 0.371 e. The van der Waals surface area contributed by atoms with Crippen molar-refractivity contribution in [3.63, 3.8) is 0 Å². The van der Waals surface area contributed by atoms with Crippen LogP contribution in [-0.4, -0.2) is 13.1 Å². The molecule has 1 aromatic carbocycles. The van der Waals surface area contributed by atoms with Crippen LogP contribution in [0.25, 0.3) is 0 Å². The molecule has 1 aliphatic rings. The molecule has 0 amide bonds. The lowest BCUT2D eigenvalue weighted by Gasteiger charge is -2.28. The monoisotopic (exact) mass is 296 g/mol. The van der Waals surface area contributed by atoms with Gasteiger partial charge in [-0.05, 0) is 36.6 Å². The predicted molar refractivity (Wildman–Crippen MR) is 77.3 cm³/mol. The molecule has 0 unspecified atom stereocenters. The van der Waals surface area contributed by atoms with Crippen LogP contribution in [0.1, 0.15) is 37.7 Å². The molecule has 2 nitrogen and oxygen atoms in total. The van der Waals surface area contributed by atoms with Crippen LogP contribution in [0.15, 0.2) is 22.7 Å². The number of halogens is 1. The molecule has 17 heavy (non-hydrogen) atoms. The van der Waals surface area contributed by atoms with Gasteiger partial charge in [0.15, 0.2) is 0 Å². The fourth-order valence-corrected chi connectivity index (χ4v) is 2.92. The van der Waals surface area contributed by atoms with Crippen LogP contribution in [0.5, 0.6) is 0 Å². The minimum absolute atomic E-state index is 0.616. The van der Waals surface area contributed by atoms with Crippen molar-refractivity contribution < 1.29 is 0 Å². The van der Waals surface area contributed by atoms with Gasteiger partial charge in [-0.1, -0.05) is 35.2 Å². The van der Waals surface area contributed by atoms with E-state index in [2.05, 4.69) is 39.0 Å². The van der Waals surface area contributed by atoms with E-state index in [-0.39, 0.29) is 0 Å². The van der Waals surface area contributed by atoms with Crippen LogP contribution in [0, 0.1) is 0 Å². The molecule has 3 heteroatoms. The Morgan fingerprint density at radius 3 is 2.35 bits per heavy atom. The molecule has 0 aliphatic carbocycles. The summed E-state index contributed by atoms with van der Waals surface area (Å²) < 4.78 is 1.12. The van der Waals surface area contributed by atoms with Crippen LogP contribution in [0.2, 0.25) is 0 Å². The maximum absolute atomic E-state index is 5.85. The van der Waals surface area contributed by atoms with Crippen molar-refractivity contribution >= 4 is 21.6 Å². The molecule has 1 fully saturated rings. The fourth-order valence-electron chi connectivity index (χ4n) is 2.51. The highest BCUT2D eigenvalue weighted by molar-refractivity contribution is 9.10. The van der Waals surface area contributed by atoms with Crippen molar-refractivity contribution in [1.29, 1.82) is 0 Å². The summed E-state index contributed by atoms with van der Waals surface area (Å²) in [5, 5.41) is 0. The lowest BCUT2D eigenvalue weighted by molar-refractivity contribution is 0.555. The van der Waals surface area contributed by atoms with E-state index in [9.17, 15) is 0 Å². The standard InChI is InChI=1S/C14H21BrN2/c15-13-6-7-14(12(10-13)11-16)17-8-4-2-1-3-5-9-17/h6-7,10H,1-5,8-9,11,16H2. The van der Waals surface area contributed by atoms with E-state index in [0.717, 1.165) is 4.47 Å². The minimum atomic E-state index is 0.616. The topological polar surface area (TPSA) is 29.3 Å². The Hall–Kier alpha value is -0.540. The van der Waals surface area contributed by atoms with Gasteiger partial charge in [0.2, 0.25) is 0 Å². The number of benzene rings is 1. The molecule has 94 valence electrons. The lowest BCUT2D eigenvalue weighted by atomic mass is 10.1. The van der Waals surface area contributed by atoms with Crippen LogP contribution in [0.3, 0.4) is 0 Å². The summed E-state index contributed by atoms with van der Waals surface area (Å²) in [6.45, 7) is 2.97. The van der Waals surface area contributed by atoms with Crippen molar-refractivity contribution in [3.8, 4) is 0 Å². The quantitative estimate of drug-likeness (QED) is 0.902. The van der Waals surface area contributed by atoms with Gasteiger partial charge in [-0.15, -0.1) is 0 Å². The summed E-state index contributed by atoms with van der Waals surface area (Å²) in [4.78, 5) is 2.51. The SMILES string of the molecule is NCc1cc(Br)ccc1N1CCCCCCC1. The number of rotatable bonds is 2. The molecule has 0 bridgehead atoms. The van der Waals surface area contributed by atoms with Gasteiger partial charge in [0.05, 0.1) is 0 Å². The minimum Gasteiger partial charge on any atom is -0.371 e. The van der Waals surface area contributed by atoms with Gasteiger partial charge in [0.1, 0.15) is 0 Å². The Kier molecular flexibility index (Phi) is 4.86. The Morgan fingerprint density at radius 1 is 1.06 bits per heavy atom. The van der Waals surface area contributed by atoms with Crippen molar-refractivity contribution in [3.05, 3.63) is 28.2 Å². The van der Waals surface area contributed by atoms with Crippen LogP contribution < -0.4 is 10.6 Å². The van der Waals surface area contributed by atoms with Crippen molar-refractivity contribution in [2.75, 3.05) is 18.0 Å². The molecule has 1 heterocycles. The number of hydrogen-bond donors (Lipinski definition) is 1. The molecule has 1 saturated heterocycles. The molecule has 0 aromatic heterocycles. The normalized spacial score (nSPS) is 17.6. The first-order chi connectivity index (χ1) is 8.31. The highest BCUT2D eigenvalue weighted by Gasteiger charge is 2.12. The molecule has 1 aromatic rings.